The molecule has 0 radical (unpaired) electrons. The summed E-state index contributed by atoms with van der Waals surface area (Å²) in [5.41, 5.74) is 5.49. The summed E-state index contributed by atoms with van der Waals surface area (Å²) in [5.74, 6) is 1.84. The number of imidazole rings is 1. The van der Waals surface area contributed by atoms with E-state index in [4.69, 9.17) is 4.74 Å². The molecule has 21 heavy (non-hydrogen) atoms. The predicted molar refractivity (Wildman–Crippen MR) is 85.9 cm³/mol. The van der Waals surface area contributed by atoms with E-state index in [1.54, 1.807) is 7.11 Å². The van der Waals surface area contributed by atoms with Crippen molar-refractivity contribution in [3.05, 3.63) is 53.3 Å². The van der Waals surface area contributed by atoms with E-state index in [0.29, 0.717) is 0 Å². The number of aromatic nitrogens is 2. The smallest absolute Gasteiger partial charge is 0.123 e. The van der Waals surface area contributed by atoms with Crippen molar-refractivity contribution in [1.29, 1.82) is 0 Å². The molecule has 0 atom stereocenters. The average molecular weight is 281 g/mol. The number of fused-ring (bicyclic) bond motifs is 1. The van der Waals surface area contributed by atoms with Gasteiger partial charge >= 0.3 is 0 Å². The zero-order chi connectivity index (χ0) is 14.8. The molecule has 0 spiro atoms. The number of methoxy groups -OCH3 is 1. The van der Waals surface area contributed by atoms with Crippen LogP contribution >= 0.6 is 0 Å². The maximum atomic E-state index is 5.41. The van der Waals surface area contributed by atoms with Crippen LogP contribution in [0, 0.1) is 13.8 Å². The van der Waals surface area contributed by atoms with Gasteiger partial charge in [0.15, 0.2) is 0 Å². The van der Waals surface area contributed by atoms with Gasteiger partial charge in [0.25, 0.3) is 0 Å². The molecular formula is C17H19N3O. The molecule has 0 unspecified atom stereocenters. The van der Waals surface area contributed by atoms with Crippen molar-refractivity contribution >= 4 is 16.7 Å². The first kappa shape index (κ1) is 13.5. The number of nitrogens with one attached hydrogen (secondary N) is 2. The van der Waals surface area contributed by atoms with Gasteiger partial charge in [-0.1, -0.05) is 17.7 Å². The molecule has 0 amide bonds. The summed E-state index contributed by atoms with van der Waals surface area (Å²) in [6.07, 6.45) is 0. The van der Waals surface area contributed by atoms with Crippen molar-refractivity contribution in [2.24, 2.45) is 0 Å². The summed E-state index contributed by atoms with van der Waals surface area (Å²) in [6.45, 7) is 4.77. The van der Waals surface area contributed by atoms with Gasteiger partial charge in [-0.05, 0) is 38.1 Å². The van der Waals surface area contributed by atoms with Crippen molar-refractivity contribution < 1.29 is 4.74 Å². The van der Waals surface area contributed by atoms with E-state index in [-0.39, 0.29) is 0 Å². The average Bonchev–Trinajstić information content (AvgIpc) is 2.84. The standard InChI is InChI=1S/C17H19N3O/c1-11-4-7-17(21-3)13(8-11)10-18-14-5-6-15-16(9-14)20-12(2)19-15/h4-9,18H,10H2,1-3H3,(H,19,20). The number of H-pyrrole nitrogens is 1. The second kappa shape index (κ2) is 5.48. The number of aryl methyl sites for hydroxylation is 2. The van der Waals surface area contributed by atoms with Crippen LogP contribution in [-0.2, 0) is 6.54 Å². The largest absolute Gasteiger partial charge is 0.496 e. The van der Waals surface area contributed by atoms with E-state index in [1.165, 1.54) is 5.56 Å². The molecule has 0 aliphatic carbocycles. The highest BCUT2D eigenvalue weighted by molar-refractivity contribution is 5.79. The summed E-state index contributed by atoms with van der Waals surface area (Å²) in [7, 11) is 1.70. The number of hydrogen-bond acceptors (Lipinski definition) is 3. The normalized spacial score (nSPS) is 10.8. The summed E-state index contributed by atoms with van der Waals surface area (Å²) >= 11 is 0. The molecule has 1 aromatic heterocycles. The summed E-state index contributed by atoms with van der Waals surface area (Å²) in [4.78, 5) is 7.66. The van der Waals surface area contributed by atoms with E-state index in [2.05, 4.69) is 40.4 Å². The molecule has 4 heteroatoms. The lowest BCUT2D eigenvalue weighted by Gasteiger charge is -2.11. The predicted octanol–water partition coefficient (Wildman–Crippen LogP) is 3.80. The number of ether oxygens (including phenoxy) is 1. The Morgan fingerprint density at radius 3 is 2.81 bits per heavy atom. The zero-order valence-corrected chi connectivity index (χ0v) is 12.5. The third-order valence-electron chi connectivity index (χ3n) is 3.52. The van der Waals surface area contributed by atoms with E-state index in [1.807, 2.05) is 25.1 Å². The molecule has 0 fully saturated rings. The molecule has 3 rings (SSSR count). The molecule has 3 aromatic rings. The second-order valence-electron chi connectivity index (χ2n) is 5.22. The van der Waals surface area contributed by atoms with Crippen LogP contribution in [0.3, 0.4) is 0 Å². The van der Waals surface area contributed by atoms with Crippen LogP contribution in [-0.4, -0.2) is 17.1 Å². The van der Waals surface area contributed by atoms with Gasteiger partial charge in [-0.15, -0.1) is 0 Å². The van der Waals surface area contributed by atoms with Crippen molar-refractivity contribution in [3.63, 3.8) is 0 Å². The molecular weight excluding hydrogens is 262 g/mol. The van der Waals surface area contributed by atoms with Gasteiger partial charge in [0.1, 0.15) is 11.6 Å². The van der Waals surface area contributed by atoms with Crippen LogP contribution in [0.1, 0.15) is 17.0 Å². The maximum Gasteiger partial charge on any atom is 0.123 e. The quantitative estimate of drug-likeness (QED) is 0.764. The number of benzene rings is 2. The first-order chi connectivity index (χ1) is 10.2. The van der Waals surface area contributed by atoms with E-state index >= 15 is 0 Å². The lowest BCUT2D eigenvalue weighted by atomic mass is 10.1. The van der Waals surface area contributed by atoms with Gasteiger partial charge < -0.3 is 15.0 Å². The van der Waals surface area contributed by atoms with Crippen LogP contribution in [0.2, 0.25) is 0 Å². The third-order valence-corrected chi connectivity index (χ3v) is 3.52. The molecule has 0 bridgehead atoms. The topological polar surface area (TPSA) is 49.9 Å². The number of nitrogens with zero attached hydrogens (tertiary/aromatic N) is 1. The van der Waals surface area contributed by atoms with E-state index < -0.39 is 0 Å². The number of aromatic amines is 1. The Hall–Kier alpha value is -2.49. The third kappa shape index (κ3) is 2.84. The Bertz CT molecular complexity index is 777. The van der Waals surface area contributed by atoms with Crippen LogP contribution in [0.4, 0.5) is 5.69 Å². The minimum Gasteiger partial charge on any atom is -0.496 e. The van der Waals surface area contributed by atoms with Gasteiger partial charge in [-0.3, -0.25) is 0 Å². The SMILES string of the molecule is COc1ccc(C)cc1CNc1ccc2nc(C)[nH]c2c1. The molecule has 2 aromatic carbocycles. The molecule has 0 saturated carbocycles. The Morgan fingerprint density at radius 1 is 1.14 bits per heavy atom. The first-order valence-electron chi connectivity index (χ1n) is 6.99. The summed E-state index contributed by atoms with van der Waals surface area (Å²) in [5, 5.41) is 3.44. The minimum atomic E-state index is 0.726. The molecule has 0 aliphatic rings. The fraction of sp³-hybridized carbons (Fsp3) is 0.235. The lowest BCUT2D eigenvalue weighted by molar-refractivity contribution is 0.410. The van der Waals surface area contributed by atoms with Gasteiger partial charge in [-0.2, -0.15) is 0 Å². The monoisotopic (exact) mass is 281 g/mol. The minimum absolute atomic E-state index is 0.726. The fourth-order valence-corrected chi connectivity index (χ4v) is 2.49. The van der Waals surface area contributed by atoms with Crippen molar-refractivity contribution in [2.75, 3.05) is 12.4 Å². The zero-order valence-electron chi connectivity index (χ0n) is 12.5. The molecule has 0 aliphatic heterocycles. The van der Waals surface area contributed by atoms with Crippen LogP contribution in [0.5, 0.6) is 5.75 Å². The van der Waals surface area contributed by atoms with Crippen molar-refractivity contribution in [3.8, 4) is 5.75 Å². The van der Waals surface area contributed by atoms with E-state index in [0.717, 1.165) is 40.4 Å². The molecule has 1 heterocycles. The Balaban J connectivity index is 1.81. The van der Waals surface area contributed by atoms with Gasteiger partial charge in [0, 0.05) is 17.8 Å². The van der Waals surface area contributed by atoms with Gasteiger partial charge in [-0.25, -0.2) is 4.98 Å². The number of rotatable bonds is 4. The highest BCUT2D eigenvalue weighted by Gasteiger charge is 2.04. The summed E-state index contributed by atoms with van der Waals surface area (Å²) < 4.78 is 5.41. The van der Waals surface area contributed by atoms with Crippen LogP contribution < -0.4 is 10.1 Å². The van der Waals surface area contributed by atoms with Crippen molar-refractivity contribution in [1.82, 2.24) is 9.97 Å². The Morgan fingerprint density at radius 2 is 2.00 bits per heavy atom. The maximum absolute atomic E-state index is 5.41. The highest BCUT2D eigenvalue weighted by Crippen LogP contribution is 2.22. The Kier molecular flexibility index (Phi) is 3.52. The van der Waals surface area contributed by atoms with Gasteiger partial charge in [0.05, 0.1) is 18.1 Å². The van der Waals surface area contributed by atoms with Crippen LogP contribution in [0.25, 0.3) is 11.0 Å². The molecule has 0 saturated heterocycles. The molecule has 2 N–H and O–H groups in total. The lowest BCUT2D eigenvalue weighted by Crippen LogP contribution is -2.02. The van der Waals surface area contributed by atoms with Crippen LogP contribution in [0.15, 0.2) is 36.4 Å². The molecule has 4 nitrogen and oxygen atoms in total. The highest BCUT2D eigenvalue weighted by atomic mass is 16.5. The van der Waals surface area contributed by atoms with E-state index in [9.17, 15) is 0 Å². The second-order valence-corrected chi connectivity index (χ2v) is 5.22. The van der Waals surface area contributed by atoms with Gasteiger partial charge in [0.2, 0.25) is 0 Å². The molecule has 108 valence electrons. The Labute approximate surface area is 124 Å². The van der Waals surface area contributed by atoms with Crippen molar-refractivity contribution in [2.45, 2.75) is 20.4 Å². The number of anilines is 1. The summed E-state index contributed by atoms with van der Waals surface area (Å²) in [6, 6.07) is 12.4. The first-order valence-corrected chi connectivity index (χ1v) is 6.99. The number of hydrogen-bond donors (Lipinski definition) is 2. The fourth-order valence-electron chi connectivity index (χ4n) is 2.49.